The molecule has 2 atom stereocenters. The smallest absolute Gasteiger partial charge is 0.144 e. The number of hydrogen-bond donors (Lipinski definition) is 0. The van der Waals surface area contributed by atoms with Gasteiger partial charge >= 0.3 is 0 Å². The number of halogens is 2. The summed E-state index contributed by atoms with van der Waals surface area (Å²) in [5.41, 5.74) is 1.36. The zero-order valence-electron chi connectivity index (χ0n) is 9.00. The molecule has 1 aromatic rings. The summed E-state index contributed by atoms with van der Waals surface area (Å²) in [6.07, 6.45) is 0. The summed E-state index contributed by atoms with van der Waals surface area (Å²) in [7, 11) is 0. The Kier molecular flexibility index (Phi) is 4.52. The Hall–Kier alpha value is -0.850. The number of rotatable bonds is 3. The Labute approximate surface area is 108 Å². The van der Waals surface area contributed by atoms with Crippen LogP contribution in [0.15, 0.2) is 18.2 Å². The predicted octanol–water partition coefficient (Wildman–Crippen LogP) is 3.67. The first-order valence-electron chi connectivity index (χ1n) is 4.81. The van der Waals surface area contributed by atoms with Crippen LogP contribution in [0.1, 0.15) is 30.9 Å². The third-order valence-electron chi connectivity index (χ3n) is 2.45. The Bertz CT molecular complexity index is 453. The number of hydrogen-bond acceptors (Lipinski definition) is 2. The van der Waals surface area contributed by atoms with Gasteiger partial charge in [0.1, 0.15) is 5.78 Å². The van der Waals surface area contributed by atoms with Crippen LogP contribution in [0.4, 0.5) is 0 Å². The molecule has 0 spiro atoms. The summed E-state index contributed by atoms with van der Waals surface area (Å²) in [6.45, 7) is 3.42. The average Bonchev–Trinajstić information content (AvgIpc) is 2.26. The molecule has 2 nitrogen and oxygen atoms in total. The molecule has 84 valence electrons. The van der Waals surface area contributed by atoms with Gasteiger partial charge in [0.2, 0.25) is 0 Å². The molecule has 4 heteroatoms. The van der Waals surface area contributed by atoms with Crippen LogP contribution in [-0.2, 0) is 4.79 Å². The van der Waals surface area contributed by atoms with Gasteiger partial charge in [-0.25, -0.2) is 0 Å². The van der Waals surface area contributed by atoms with Gasteiger partial charge in [0.05, 0.1) is 16.5 Å². The van der Waals surface area contributed by atoms with E-state index in [1.165, 1.54) is 6.92 Å². The number of nitriles is 1. The van der Waals surface area contributed by atoms with E-state index in [0.29, 0.717) is 10.6 Å². The van der Waals surface area contributed by atoms with Crippen LogP contribution in [0.5, 0.6) is 0 Å². The summed E-state index contributed by atoms with van der Waals surface area (Å²) in [6, 6.07) is 7.19. The summed E-state index contributed by atoms with van der Waals surface area (Å²) >= 11 is 9.22. The zero-order valence-corrected chi connectivity index (χ0v) is 11.3. The molecule has 0 amide bonds. The van der Waals surface area contributed by atoms with Crippen molar-refractivity contribution < 1.29 is 4.79 Å². The van der Waals surface area contributed by atoms with Crippen molar-refractivity contribution in [3.63, 3.8) is 0 Å². The van der Waals surface area contributed by atoms with E-state index in [1.807, 2.05) is 6.92 Å². The highest BCUT2D eigenvalue weighted by atomic mass is 79.9. The fraction of sp³-hybridized carbons (Fsp3) is 0.333. The average molecular weight is 301 g/mol. The van der Waals surface area contributed by atoms with Crippen molar-refractivity contribution in [2.75, 3.05) is 0 Å². The summed E-state index contributed by atoms with van der Waals surface area (Å²) in [5, 5.41) is 9.56. The molecule has 0 fully saturated rings. The van der Waals surface area contributed by atoms with Crippen molar-refractivity contribution in [2.24, 2.45) is 0 Å². The molecule has 1 aromatic carbocycles. The van der Waals surface area contributed by atoms with Gasteiger partial charge in [-0.3, -0.25) is 4.79 Å². The van der Waals surface area contributed by atoms with Crippen molar-refractivity contribution in [1.29, 1.82) is 5.26 Å². The van der Waals surface area contributed by atoms with E-state index in [0.717, 1.165) is 5.56 Å². The van der Waals surface area contributed by atoms with Crippen LogP contribution in [0.25, 0.3) is 0 Å². The molecule has 0 N–H and O–H groups in total. The Morgan fingerprint density at radius 1 is 1.56 bits per heavy atom. The number of alkyl halides is 1. The largest absolute Gasteiger partial charge is 0.299 e. The first-order chi connectivity index (χ1) is 7.47. The lowest BCUT2D eigenvalue weighted by molar-refractivity contribution is -0.116. The molecule has 0 aliphatic rings. The molecule has 0 aliphatic carbocycles. The van der Waals surface area contributed by atoms with Gasteiger partial charge in [-0.1, -0.05) is 34.5 Å². The molecule has 0 radical (unpaired) electrons. The van der Waals surface area contributed by atoms with Gasteiger partial charge in [-0.15, -0.1) is 0 Å². The van der Waals surface area contributed by atoms with Gasteiger partial charge in [-0.2, -0.15) is 5.26 Å². The molecule has 0 saturated carbocycles. The van der Waals surface area contributed by atoms with Crippen LogP contribution in [-0.4, -0.2) is 10.6 Å². The molecule has 0 aromatic heterocycles. The zero-order chi connectivity index (χ0) is 12.3. The maximum absolute atomic E-state index is 11.3. The molecule has 2 unspecified atom stereocenters. The Morgan fingerprint density at radius 3 is 2.69 bits per heavy atom. The maximum Gasteiger partial charge on any atom is 0.144 e. The molecule has 16 heavy (non-hydrogen) atoms. The van der Waals surface area contributed by atoms with Crippen molar-refractivity contribution >= 4 is 33.3 Å². The van der Waals surface area contributed by atoms with Crippen molar-refractivity contribution in [1.82, 2.24) is 0 Å². The Balaban J connectivity index is 3.17. The number of ketones is 1. The number of carbonyl (C=O) groups excluding carboxylic acids is 1. The van der Waals surface area contributed by atoms with Crippen LogP contribution >= 0.6 is 27.5 Å². The second-order valence-electron chi connectivity index (χ2n) is 3.64. The number of carbonyl (C=O) groups is 1. The fourth-order valence-corrected chi connectivity index (χ4v) is 1.99. The minimum Gasteiger partial charge on any atom is -0.299 e. The van der Waals surface area contributed by atoms with E-state index < -0.39 is 0 Å². The normalized spacial score (nSPS) is 13.9. The van der Waals surface area contributed by atoms with Gasteiger partial charge in [0.25, 0.3) is 0 Å². The highest BCUT2D eigenvalue weighted by Gasteiger charge is 2.22. The van der Waals surface area contributed by atoms with Gasteiger partial charge in [0.15, 0.2) is 0 Å². The number of benzene rings is 1. The third-order valence-corrected chi connectivity index (χ3v) is 4.12. The first-order valence-corrected chi connectivity index (χ1v) is 6.10. The van der Waals surface area contributed by atoms with Crippen molar-refractivity contribution in [3.8, 4) is 6.07 Å². The fourth-order valence-electron chi connectivity index (χ4n) is 1.52. The van der Waals surface area contributed by atoms with Crippen LogP contribution < -0.4 is 0 Å². The van der Waals surface area contributed by atoms with Gasteiger partial charge < -0.3 is 0 Å². The highest BCUT2D eigenvalue weighted by Crippen LogP contribution is 2.29. The molecule has 1 rings (SSSR count). The lowest BCUT2D eigenvalue weighted by Gasteiger charge is -2.17. The van der Waals surface area contributed by atoms with E-state index in [1.54, 1.807) is 18.2 Å². The van der Waals surface area contributed by atoms with E-state index in [4.69, 9.17) is 16.9 Å². The standard InChI is InChI=1S/C12H11BrClNO/c1-7(12(13)8(2)16)11-5-10(14)4-3-9(11)6-15/h3-5,7,12H,1-2H3. The topological polar surface area (TPSA) is 40.9 Å². The minimum absolute atomic E-state index is 0.0383. The predicted molar refractivity (Wildman–Crippen MR) is 68.0 cm³/mol. The summed E-state index contributed by atoms with van der Waals surface area (Å²) in [5.74, 6) is -0.0396. The SMILES string of the molecule is CC(=O)C(Br)C(C)c1cc(Cl)ccc1C#N. The lowest BCUT2D eigenvalue weighted by Crippen LogP contribution is -2.18. The molecule has 0 heterocycles. The van der Waals surface area contributed by atoms with E-state index in [2.05, 4.69) is 22.0 Å². The monoisotopic (exact) mass is 299 g/mol. The first kappa shape index (κ1) is 13.2. The van der Waals surface area contributed by atoms with E-state index in [9.17, 15) is 4.79 Å². The van der Waals surface area contributed by atoms with Gasteiger partial charge in [0, 0.05) is 10.9 Å². The summed E-state index contributed by atoms with van der Waals surface area (Å²) in [4.78, 5) is 11.0. The van der Waals surface area contributed by atoms with Crippen LogP contribution in [0.3, 0.4) is 0 Å². The van der Waals surface area contributed by atoms with Crippen LogP contribution in [0.2, 0.25) is 5.02 Å². The number of Topliss-reactive ketones (excluding diaryl/α,β-unsaturated/α-hetero) is 1. The molecular formula is C12H11BrClNO. The maximum atomic E-state index is 11.3. The second kappa shape index (κ2) is 5.47. The minimum atomic E-state index is -0.293. The quantitative estimate of drug-likeness (QED) is 0.799. The Morgan fingerprint density at radius 2 is 2.19 bits per heavy atom. The molecule has 0 bridgehead atoms. The van der Waals surface area contributed by atoms with E-state index >= 15 is 0 Å². The van der Waals surface area contributed by atoms with Crippen molar-refractivity contribution in [3.05, 3.63) is 34.3 Å². The molecule has 0 saturated heterocycles. The van der Waals surface area contributed by atoms with Crippen LogP contribution in [0, 0.1) is 11.3 Å². The van der Waals surface area contributed by atoms with E-state index in [-0.39, 0.29) is 16.5 Å². The highest BCUT2D eigenvalue weighted by molar-refractivity contribution is 9.10. The molecular weight excluding hydrogens is 289 g/mol. The van der Waals surface area contributed by atoms with Gasteiger partial charge in [-0.05, 0) is 30.7 Å². The molecule has 0 aliphatic heterocycles. The lowest BCUT2D eigenvalue weighted by atomic mass is 9.92. The number of nitrogens with zero attached hydrogens (tertiary/aromatic N) is 1. The third kappa shape index (κ3) is 2.84. The summed E-state index contributed by atoms with van der Waals surface area (Å²) < 4.78 is 0. The second-order valence-corrected chi connectivity index (χ2v) is 5.07. The van der Waals surface area contributed by atoms with Crippen molar-refractivity contribution in [2.45, 2.75) is 24.6 Å².